The van der Waals surface area contributed by atoms with Crippen LogP contribution >= 0.6 is 7.82 Å². The van der Waals surface area contributed by atoms with E-state index in [4.69, 9.17) is 18.5 Å². The summed E-state index contributed by atoms with van der Waals surface area (Å²) in [4.78, 5) is 35.6. The molecule has 0 aromatic rings. The number of aliphatic hydroxyl groups excluding tert-OH is 5. The Morgan fingerprint density at radius 1 is 0.533 bits per heavy atom. The van der Waals surface area contributed by atoms with Gasteiger partial charge in [-0.1, -0.05) is 152 Å². The summed E-state index contributed by atoms with van der Waals surface area (Å²) >= 11 is 0. The van der Waals surface area contributed by atoms with Crippen LogP contribution < -0.4 is 0 Å². The highest BCUT2D eigenvalue weighted by Gasteiger charge is 2.51. The molecule has 0 amide bonds. The topological polar surface area (TPSA) is 210 Å². The Hall–Kier alpha value is -2.45. The fourth-order valence-corrected chi connectivity index (χ4v) is 7.46. The molecule has 0 saturated heterocycles. The lowest BCUT2D eigenvalue weighted by molar-refractivity contribution is -0.220. The van der Waals surface area contributed by atoms with E-state index in [0.717, 1.165) is 70.6 Å². The zero-order chi connectivity index (χ0) is 44.3. The van der Waals surface area contributed by atoms with Gasteiger partial charge in [0.2, 0.25) is 0 Å². The molecule has 1 aliphatic carbocycles. The Morgan fingerprint density at radius 2 is 0.950 bits per heavy atom. The van der Waals surface area contributed by atoms with Gasteiger partial charge in [0.15, 0.2) is 6.10 Å². The molecule has 0 aromatic carbocycles. The van der Waals surface area contributed by atoms with E-state index in [0.29, 0.717) is 12.8 Å². The zero-order valence-corrected chi connectivity index (χ0v) is 37.4. The van der Waals surface area contributed by atoms with Crippen LogP contribution in [-0.2, 0) is 32.7 Å². The Labute approximate surface area is 360 Å². The second kappa shape index (κ2) is 36.1. The summed E-state index contributed by atoms with van der Waals surface area (Å²) in [6.07, 6.45) is 29.9. The highest BCUT2D eigenvalue weighted by atomic mass is 31.2. The Bertz CT molecular complexity index is 1280. The molecule has 1 fully saturated rings. The van der Waals surface area contributed by atoms with Crippen molar-refractivity contribution in [2.75, 3.05) is 13.2 Å². The number of esters is 2. The van der Waals surface area contributed by atoms with Crippen molar-refractivity contribution in [2.24, 2.45) is 0 Å². The van der Waals surface area contributed by atoms with Crippen molar-refractivity contribution in [3.63, 3.8) is 0 Å². The average Bonchev–Trinajstić information content (AvgIpc) is 3.23. The Balaban J connectivity index is 2.50. The molecule has 6 unspecified atom stereocenters. The summed E-state index contributed by atoms with van der Waals surface area (Å²) in [7, 11) is -5.13. The Morgan fingerprint density at radius 3 is 1.45 bits per heavy atom. The maximum Gasteiger partial charge on any atom is 0.472 e. The predicted octanol–water partition coefficient (Wildman–Crippen LogP) is 8.55. The lowest BCUT2D eigenvalue weighted by Gasteiger charge is -2.41. The molecular weight excluding hydrogens is 791 g/mol. The maximum absolute atomic E-state index is 12.8. The fourth-order valence-electron chi connectivity index (χ4n) is 6.49. The fraction of sp³-hybridized carbons (Fsp3) is 0.739. The number of unbranched alkanes of at least 4 members (excludes halogenated alkanes) is 14. The molecule has 0 bridgehead atoms. The SMILES string of the molecule is CC/C=C/C/C=C/C/C=C/C/C=C/C/C=C/CCCCCC(=O)O[C@H](COC(=O)CCCCCCCCCCCCCC)COP(=O)(O)OC1C(O)C(O)C(O)[C@H](O)C1O. The van der Waals surface area contributed by atoms with Crippen molar-refractivity contribution in [1.82, 2.24) is 0 Å². The minimum Gasteiger partial charge on any atom is -0.462 e. The highest BCUT2D eigenvalue weighted by Crippen LogP contribution is 2.47. The van der Waals surface area contributed by atoms with Gasteiger partial charge in [-0.2, -0.15) is 0 Å². The largest absolute Gasteiger partial charge is 0.472 e. The monoisotopic (exact) mass is 871 g/mol. The Kier molecular flexibility index (Phi) is 33.4. The summed E-state index contributed by atoms with van der Waals surface area (Å²) in [5.74, 6) is -1.14. The average molecular weight is 871 g/mol. The van der Waals surface area contributed by atoms with Gasteiger partial charge in [0.25, 0.3) is 0 Å². The van der Waals surface area contributed by atoms with Gasteiger partial charge in [0.1, 0.15) is 43.2 Å². The number of allylic oxidation sites excluding steroid dienone is 10. The summed E-state index contributed by atoms with van der Waals surface area (Å²) < 4.78 is 33.5. The molecule has 0 radical (unpaired) electrons. The molecule has 0 aromatic heterocycles. The number of carbonyl (C=O) groups excluding carboxylic acids is 2. The van der Waals surface area contributed by atoms with Gasteiger partial charge in [-0.25, -0.2) is 4.57 Å². The van der Waals surface area contributed by atoms with Gasteiger partial charge in [-0.05, 0) is 57.8 Å². The van der Waals surface area contributed by atoms with Gasteiger partial charge in [-0.15, -0.1) is 0 Å². The minimum atomic E-state index is -5.13. The van der Waals surface area contributed by atoms with E-state index in [9.17, 15) is 44.6 Å². The standard InChI is InChI=1S/C46H79O13P/c1-3-5-7-9-11-13-15-17-18-19-20-21-22-23-25-27-29-31-33-35-40(48)58-38(36-56-39(47)34-32-30-28-26-24-16-14-12-10-8-6-4-2)37-57-60(54,55)59-46-44(52)42(50)41(49)43(51)45(46)53/h5,7,11,13,17-18,20-21,23,25,38,41-46,49-53H,3-4,6,8-10,12,14-16,19,22,24,26-37H2,1-2H3,(H,54,55)/b7-5+,13-11+,18-17+,21-20+,25-23+/t38-,41?,42+,43?,44?,45?,46?/m1/s1. The van der Waals surface area contributed by atoms with Crippen LogP contribution in [0, 0.1) is 0 Å². The van der Waals surface area contributed by atoms with Crippen molar-refractivity contribution in [3.05, 3.63) is 60.8 Å². The van der Waals surface area contributed by atoms with Crippen molar-refractivity contribution in [3.8, 4) is 0 Å². The van der Waals surface area contributed by atoms with E-state index in [1.54, 1.807) is 0 Å². The summed E-state index contributed by atoms with van der Waals surface area (Å²) in [5, 5.41) is 50.1. The highest BCUT2D eigenvalue weighted by molar-refractivity contribution is 7.47. The third-order valence-electron chi connectivity index (χ3n) is 10.1. The minimum absolute atomic E-state index is 0.0564. The number of carbonyl (C=O) groups is 2. The van der Waals surface area contributed by atoms with Gasteiger partial charge >= 0.3 is 19.8 Å². The van der Waals surface area contributed by atoms with Gasteiger partial charge < -0.3 is 39.9 Å². The number of hydrogen-bond donors (Lipinski definition) is 6. The maximum atomic E-state index is 12.8. The van der Waals surface area contributed by atoms with E-state index in [2.05, 4.69) is 74.6 Å². The number of phosphoric ester groups is 1. The van der Waals surface area contributed by atoms with Crippen molar-refractivity contribution in [1.29, 1.82) is 0 Å². The van der Waals surface area contributed by atoms with Gasteiger partial charge in [0, 0.05) is 12.8 Å². The van der Waals surface area contributed by atoms with Crippen LogP contribution in [0.15, 0.2) is 60.8 Å². The molecule has 1 saturated carbocycles. The van der Waals surface area contributed by atoms with Crippen molar-refractivity contribution < 1.29 is 63.1 Å². The van der Waals surface area contributed by atoms with Crippen LogP contribution in [0.1, 0.15) is 162 Å². The zero-order valence-electron chi connectivity index (χ0n) is 36.5. The van der Waals surface area contributed by atoms with Crippen LogP contribution in [0.3, 0.4) is 0 Å². The summed E-state index contributed by atoms with van der Waals surface area (Å²) in [6, 6.07) is 0. The van der Waals surface area contributed by atoms with Crippen LogP contribution in [-0.4, -0.2) is 98.3 Å². The van der Waals surface area contributed by atoms with E-state index in [1.165, 1.54) is 51.4 Å². The third kappa shape index (κ3) is 28.2. The number of hydrogen-bond acceptors (Lipinski definition) is 12. The van der Waals surface area contributed by atoms with Crippen LogP contribution in [0.25, 0.3) is 0 Å². The molecule has 0 heterocycles. The van der Waals surface area contributed by atoms with Crippen LogP contribution in [0.5, 0.6) is 0 Å². The smallest absolute Gasteiger partial charge is 0.462 e. The van der Waals surface area contributed by atoms with Crippen molar-refractivity contribution in [2.45, 2.75) is 204 Å². The van der Waals surface area contributed by atoms with Crippen LogP contribution in [0.2, 0.25) is 0 Å². The molecular formula is C46H79O13P. The molecule has 13 nitrogen and oxygen atoms in total. The molecule has 60 heavy (non-hydrogen) atoms. The molecule has 0 aliphatic heterocycles. The van der Waals surface area contributed by atoms with Crippen LogP contribution in [0.4, 0.5) is 0 Å². The second-order valence-electron chi connectivity index (χ2n) is 15.5. The van der Waals surface area contributed by atoms with E-state index in [-0.39, 0.29) is 12.8 Å². The molecule has 1 rings (SSSR count). The predicted molar refractivity (Wildman–Crippen MR) is 235 cm³/mol. The first-order valence-corrected chi connectivity index (χ1v) is 24.1. The summed E-state index contributed by atoms with van der Waals surface area (Å²) in [6.45, 7) is 3.14. The summed E-state index contributed by atoms with van der Waals surface area (Å²) in [5.41, 5.74) is 0. The lowest BCUT2D eigenvalue weighted by atomic mass is 9.85. The van der Waals surface area contributed by atoms with Gasteiger partial charge in [0.05, 0.1) is 6.61 Å². The number of phosphoric acid groups is 1. The molecule has 8 atom stereocenters. The van der Waals surface area contributed by atoms with E-state index < -0.39 is 75.7 Å². The second-order valence-corrected chi connectivity index (χ2v) is 16.9. The number of rotatable bonds is 36. The van der Waals surface area contributed by atoms with Gasteiger partial charge in [-0.3, -0.25) is 18.6 Å². The molecule has 6 N–H and O–H groups in total. The lowest BCUT2D eigenvalue weighted by Crippen LogP contribution is -2.64. The molecule has 346 valence electrons. The van der Waals surface area contributed by atoms with E-state index >= 15 is 0 Å². The molecule has 1 aliphatic rings. The first-order chi connectivity index (χ1) is 28.9. The molecule has 14 heteroatoms. The first kappa shape index (κ1) is 55.6. The third-order valence-corrected chi connectivity index (χ3v) is 11.1. The first-order valence-electron chi connectivity index (χ1n) is 22.6. The van der Waals surface area contributed by atoms with E-state index in [1.807, 2.05) is 0 Å². The molecule has 0 spiro atoms. The number of aliphatic hydroxyl groups is 5. The number of ether oxygens (including phenoxy) is 2. The normalized spacial score (nSPS) is 22.7. The quantitative estimate of drug-likeness (QED) is 0.0151. The van der Waals surface area contributed by atoms with Crippen molar-refractivity contribution >= 4 is 19.8 Å².